The number of rotatable bonds is 3. The Kier molecular flexibility index (Phi) is 3.36. The lowest BCUT2D eigenvalue weighted by Gasteiger charge is -2.32. The predicted molar refractivity (Wildman–Crippen MR) is 76.0 cm³/mol. The van der Waals surface area contributed by atoms with Crippen LogP contribution in [0.3, 0.4) is 0 Å². The zero-order chi connectivity index (χ0) is 14.1. The Balaban J connectivity index is 1.97. The van der Waals surface area contributed by atoms with Crippen LogP contribution in [0, 0.1) is 0 Å². The highest BCUT2D eigenvalue weighted by atomic mass is 16.5. The molecule has 0 amide bonds. The third-order valence-electron chi connectivity index (χ3n) is 3.84. The fourth-order valence-corrected chi connectivity index (χ4v) is 2.71. The van der Waals surface area contributed by atoms with Crippen LogP contribution in [0.4, 0.5) is 0 Å². The number of imidazole rings is 1. The average molecular weight is 273 g/mol. The molecule has 0 radical (unpaired) electrons. The summed E-state index contributed by atoms with van der Waals surface area (Å²) in [6.45, 7) is 0. The highest BCUT2D eigenvalue weighted by molar-refractivity contribution is 5.44. The van der Waals surface area contributed by atoms with E-state index in [1.54, 1.807) is 13.4 Å². The Hall–Kier alpha value is -2.01. The van der Waals surface area contributed by atoms with Crippen molar-refractivity contribution in [2.75, 3.05) is 14.2 Å². The molecular weight excluding hydrogens is 254 g/mol. The molecule has 2 unspecified atom stereocenters. The predicted octanol–water partition coefficient (Wildman–Crippen LogP) is 2.21. The van der Waals surface area contributed by atoms with E-state index in [4.69, 9.17) is 9.47 Å². The van der Waals surface area contributed by atoms with Crippen molar-refractivity contribution >= 4 is 0 Å². The Morgan fingerprint density at radius 3 is 2.95 bits per heavy atom. The topological polar surface area (TPSA) is 48.3 Å². The van der Waals surface area contributed by atoms with Gasteiger partial charge in [-0.25, -0.2) is 4.98 Å². The largest absolute Gasteiger partial charge is 0.497 e. The van der Waals surface area contributed by atoms with Crippen LogP contribution in [0.25, 0.3) is 0 Å². The molecule has 20 heavy (non-hydrogen) atoms. The van der Waals surface area contributed by atoms with Crippen molar-refractivity contribution in [3.63, 3.8) is 0 Å². The highest BCUT2D eigenvalue weighted by Gasteiger charge is 2.30. The van der Waals surface area contributed by atoms with E-state index >= 15 is 0 Å². The summed E-state index contributed by atoms with van der Waals surface area (Å²) in [5, 5.41) is 3.36. The van der Waals surface area contributed by atoms with Crippen molar-refractivity contribution in [2.24, 2.45) is 7.05 Å². The van der Waals surface area contributed by atoms with Gasteiger partial charge in [-0.1, -0.05) is 0 Å². The number of hydrogen-bond acceptors (Lipinski definition) is 4. The van der Waals surface area contributed by atoms with E-state index in [9.17, 15) is 0 Å². The first-order valence-corrected chi connectivity index (χ1v) is 6.71. The summed E-state index contributed by atoms with van der Waals surface area (Å²) in [7, 11) is 5.64. The molecule has 1 N–H and O–H groups in total. The van der Waals surface area contributed by atoms with Crippen LogP contribution in [0.2, 0.25) is 0 Å². The molecule has 1 aromatic carbocycles. The molecule has 5 heteroatoms. The van der Waals surface area contributed by atoms with Gasteiger partial charge in [-0.2, -0.15) is 0 Å². The van der Waals surface area contributed by atoms with Gasteiger partial charge in [0.1, 0.15) is 17.6 Å². The van der Waals surface area contributed by atoms with Crippen molar-refractivity contribution in [1.29, 1.82) is 0 Å². The van der Waals surface area contributed by atoms with Crippen LogP contribution in [0.5, 0.6) is 11.5 Å². The lowest BCUT2D eigenvalue weighted by molar-refractivity contribution is 0.146. The monoisotopic (exact) mass is 273 g/mol. The minimum absolute atomic E-state index is 0.0147. The summed E-state index contributed by atoms with van der Waals surface area (Å²) in [5.41, 5.74) is 2.23. The maximum absolute atomic E-state index is 6.13. The minimum atomic E-state index is 0.0147. The van der Waals surface area contributed by atoms with Gasteiger partial charge in [0, 0.05) is 25.1 Å². The number of benzene rings is 1. The first kappa shape index (κ1) is 13.0. The second kappa shape index (κ2) is 5.17. The fourth-order valence-electron chi connectivity index (χ4n) is 2.71. The summed E-state index contributed by atoms with van der Waals surface area (Å²) in [6, 6.07) is 6.18. The number of nitrogens with one attached hydrogen (secondary N) is 1. The molecule has 2 aromatic rings. The van der Waals surface area contributed by atoms with Crippen LogP contribution in [-0.2, 0) is 7.05 Å². The quantitative estimate of drug-likeness (QED) is 0.931. The third kappa shape index (κ3) is 2.14. The van der Waals surface area contributed by atoms with E-state index in [0.29, 0.717) is 0 Å². The summed E-state index contributed by atoms with van der Waals surface area (Å²) in [4.78, 5) is 4.17. The molecule has 5 nitrogen and oxygen atoms in total. The molecule has 2 heterocycles. The molecule has 3 rings (SSSR count). The standard InChI is InChI=1S/C15H19N3O2/c1-16-12-7-15(13-8-17-9-18(13)2)20-14-5-4-10(19-3)6-11(12)14/h4-6,8-9,12,15-16H,7H2,1-3H3. The molecule has 1 aliphatic rings. The second-order valence-corrected chi connectivity index (χ2v) is 5.02. The first-order chi connectivity index (χ1) is 9.72. The van der Waals surface area contributed by atoms with Gasteiger partial charge in [-0.3, -0.25) is 0 Å². The van der Waals surface area contributed by atoms with E-state index < -0.39 is 0 Å². The van der Waals surface area contributed by atoms with Crippen LogP contribution in [-0.4, -0.2) is 23.7 Å². The Morgan fingerprint density at radius 1 is 1.45 bits per heavy atom. The van der Waals surface area contributed by atoms with Crippen molar-refractivity contribution in [3.05, 3.63) is 42.0 Å². The van der Waals surface area contributed by atoms with Gasteiger partial charge in [-0.05, 0) is 25.2 Å². The van der Waals surface area contributed by atoms with Gasteiger partial charge in [0.2, 0.25) is 0 Å². The molecule has 0 fully saturated rings. The number of hydrogen-bond donors (Lipinski definition) is 1. The smallest absolute Gasteiger partial charge is 0.142 e. The summed E-state index contributed by atoms with van der Waals surface area (Å²) >= 11 is 0. The summed E-state index contributed by atoms with van der Waals surface area (Å²) in [5.74, 6) is 1.76. The molecule has 0 saturated heterocycles. The fraction of sp³-hybridized carbons (Fsp3) is 0.400. The number of fused-ring (bicyclic) bond motifs is 1. The molecule has 106 valence electrons. The molecule has 0 saturated carbocycles. The lowest BCUT2D eigenvalue weighted by atomic mass is 9.95. The molecule has 0 spiro atoms. The minimum Gasteiger partial charge on any atom is -0.497 e. The van der Waals surface area contributed by atoms with Crippen molar-refractivity contribution in [3.8, 4) is 11.5 Å². The van der Waals surface area contributed by atoms with E-state index in [1.807, 2.05) is 43.1 Å². The van der Waals surface area contributed by atoms with Crippen LogP contribution >= 0.6 is 0 Å². The average Bonchev–Trinajstić information content (AvgIpc) is 2.91. The van der Waals surface area contributed by atoms with Crippen molar-refractivity contribution < 1.29 is 9.47 Å². The number of ether oxygens (including phenoxy) is 2. The van der Waals surface area contributed by atoms with Gasteiger partial charge >= 0.3 is 0 Å². The molecule has 0 bridgehead atoms. The van der Waals surface area contributed by atoms with Gasteiger partial charge in [0.25, 0.3) is 0 Å². The van der Waals surface area contributed by atoms with Crippen molar-refractivity contribution in [1.82, 2.24) is 14.9 Å². The Morgan fingerprint density at radius 2 is 2.30 bits per heavy atom. The van der Waals surface area contributed by atoms with Gasteiger partial charge in [0.15, 0.2) is 0 Å². The van der Waals surface area contributed by atoms with Crippen LogP contribution < -0.4 is 14.8 Å². The number of methoxy groups -OCH3 is 1. The zero-order valence-electron chi connectivity index (χ0n) is 12.0. The zero-order valence-corrected chi connectivity index (χ0v) is 12.0. The number of aryl methyl sites for hydroxylation is 1. The highest BCUT2D eigenvalue weighted by Crippen LogP contribution is 2.41. The lowest BCUT2D eigenvalue weighted by Crippen LogP contribution is -2.27. The van der Waals surface area contributed by atoms with E-state index in [-0.39, 0.29) is 12.1 Å². The van der Waals surface area contributed by atoms with Crippen LogP contribution in [0.1, 0.15) is 29.8 Å². The van der Waals surface area contributed by atoms with Gasteiger partial charge in [0.05, 0.1) is 25.3 Å². The number of nitrogens with zero attached hydrogens (tertiary/aromatic N) is 2. The maximum atomic E-state index is 6.13. The summed E-state index contributed by atoms with van der Waals surface area (Å²) < 4.78 is 13.4. The Bertz CT molecular complexity index is 609. The van der Waals surface area contributed by atoms with E-state index in [0.717, 1.165) is 29.2 Å². The molecule has 1 aliphatic heterocycles. The number of aromatic nitrogens is 2. The SMILES string of the molecule is CNC1CC(c2cncn2C)Oc2ccc(OC)cc21. The summed E-state index contributed by atoms with van der Waals surface area (Å²) in [6.07, 6.45) is 4.56. The second-order valence-electron chi connectivity index (χ2n) is 5.02. The first-order valence-electron chi connectivity index (χ1n) is 6.71. The Labute approximate surface area is 118 Å². The molecular formula is C15H19N3O2. The maximum Gasteiger partial charge on any atom is 0.142 e. The molecule has 2 atom stereocenters. The van der Waals surface area contributed by atoms with Gasteiger partial charge < -0.3 is 19.4 Å². The normalized spacial score (nSPS) is 21.1. The third-order valence-corrected chi connectivity index (χ3v) is 3.84. The van der Waals surface area contributed by atoms with Crippen molar-refractivity contribution in [2.45, 2.75) is 18.6 Å². The van der Waals surface area contributed by atoms with E-state index in [1.165, 1.54) is 0 Å². The van der Waals surface area contributed by atoms with Crippen LogP contribution in [0.15, 0.2) is 30.7 Å². The van der Waals surface area contributed by atoms with E-state index in [2.05, 4.69) is 10.3 Å². The molecule has 1 aromatic heterocycles. The molecule has 0 aliphatic carbocycles. The van der Waals surface area contributed by atoms with Gasteiger partial charge in [-0.15, -0.1) is 0 Å².